The highest BCUT2D eigenvalue weighted by molar-refractivity contribution is 5.75. The van der Waals surface area contributed by atoms with Gasteiger partial charge in [-0.15, -0.1) is 5.10 Å². The molecule has 0 bridgehead atoms. The third-order valence-electron chi connectivity index (χ3n) is 6.05. The van der Waals surface area contributed by atoms with Gasteiger partial charge in [-0.2, -0.15) is 13.2 Å². The van der Waals surface area contributed by atoms with E-state index in [1.807, 2.05) is 13.8 Å². The van der Waals surface area contributed by atoms with Crippen LogP contribution < -0.4 is 11.1 Å². The number of imidazole rings is 1. The Balaban J connectivity index is 1.60. The van der Waals surface area contributed by atoms with Crippen molar-refractivity contribution >= 4 is 17.3 Å². The minimum absolute atomic E-state index is 0.120. The Morgan fingerprint density at radius 3 is 2.45 bits per heavy atom. The number of nitrogen functional groups attached to an aromatic ring is 1. The molecule has 1 aromatic carbocycles. The molecule has 0 amide bonds. The Labute approximate surface area is 178 Å². The Bertz CT molecular complexity index is 1080. The third kappa shape index (κ3) is 4.46. The molecule has 0 saturated heterocycles. The van der Waals surface area contributed by atoms with Gasteiger partial charge in [0, 0.05) is 11.6 Å². The van der Waals surface area contributed by atoms with Crippen molar-refractivity contribution < 1.29 is 18.3 Å². The molecule has 9 heteroatoms. The lowest BCUT2D eigenvalue weighted by Gasteiger charge is -2.36. The van der Waals surface area contributed by atoms with Crippen molar-refractivity contribution in [3.63, 3.8) is 0 Å². The van der Waals surface area contributed by atoms with Crippen molar-refractivity contribution in [3.8, 4) is 11.3 Å². The molecule has 0 unspecified atom stereocenters. The van der Waals surface area contributed by atoms with Gasteiger partial charge in [-0.05, 0) is 69.7 Å². The van der Waals surface area contributed by atoms with Crippen LogP contribution >= 0.6 is 0 Å². The molecule has 4 N–H and O–H groups in total. The molecule has 2 heterocycles. The summed E-state index contributed by atoms with van der Waals surface area (Å²) in [4.78, 5) is 4.25. The van der Waals surface area contributed by atoms with Crippen LogP contribution in [0.1, 0.15) is 45.1 Å². The molecule has 166 valence electrons. The van der Waals surface area contributed by atoms with E-state index in [4.69, 9.17) is 5.73 Å². The van der Waals surface area contributed by atoms with Gasteiger partial charge in [0.1, 0.15) is 11.5 Å². The fourth-order valence-electron chi connectivity index (χ4n) is 4.29. The maximum absolute atomic E-state index is 13.2. The molecule has 2 aromatic heterocycles. The lowest BCUT2D eigenvalue weighted by molar-refractivity contribution is -0.137. The highest BCUT2D eigenvalue weighted by atomic mass is 19.4. The summed E-state index contributed by atoms with van der Waals surface area (Å²) in [5.74, 6) is 0.987. The summed E-state index contributed by atoms with van der Waals surface area (Å²) in [5.41, 5.74) is 5.69. The Kier molecular flexibility index (Phi) is 5.33. The fourth-order valence-corrected chi connectivity index (χ4v) is 4.29. The first kappa shape index (κ1) is 21.4. The first-order valence-corrected chi connectivity index (χ1v) is 10.3. The Hall–Kier alpha value is -2.81. The average molecular weight is 433 g/mol. The number of nitrogens with one attached hydrogen (secondary N) is 1. The Morgan fingerprint density at radius 1 is 1.10 bits per heavy atom. The molecule has 6 nitrogen and oxygen atoms in total. The van der Waals surface area contributed by atoms with Crippen molar-refractivity contribution in [1.82, 2.24) is 14.6 Å². The van der Waals surface area contributed by atoms with Crippen LogP contribution in [0.25, 0.3) is 16.9 Å². The molecule has 0 atom stereocenters. The van der Waals surface area contributed by atoms with E-state index in [2.05, 4.69) is 15.4 Å². The number of aromatic nitrogens is 3. The van der Waals surface area contributed by atoms with Crippen LogP contribution in [0.2, 0.25) is 0 Å². The second kappa shape index (κ2) is 7.71. The van der Waals surface area contributed by atoms with Crippen LogP contribution in [0.5, 0.6) is 0 Å². The lowest BCUT2D eigenvalue weighted by Crippen LogP contribution is -2.37. The van der Waals surface area contributed by atoms with Crippen molar-refractivity contribution in [2.75, 3.05) is 11.1 Å². The van der Waals surface area contributed by atoms with Gasteiger partial charge in [-0.3, -0.25) is 0 Å². The van der Waals surface area contributed by atoms with E-state index in [1.54, 1.807) is 18.2 Å². The summed E-state index contributed by atoms with van der Waals surface area (Å²) in [6.07, 6.45) is -0.816. The third-order valence-corrected chi connectivity index (χ3v) is 6.05. The normalized spacial score (nSPS) is 20.2. The summed E-state index contributed by atoms with van der Waals surface area (Å²) >= 11 is 0. The van der Waals surface area contributed by atoms with Gasteiger partial charge >= 0.3 is 6.18 Å². The predicted octanol–water partition coefficient (Wildman–Crippen LogP) is 4.74. The maximum Gasteiger partial charge on any atom is 0.416 e. The van der Waals surface area contributed by atoms with Crippen LogP contribution in [-0.4, -0.2) is 31.3 Å². The van der Waals surface area contributed by atoms with Crippen LogP contribution in [0.4, 0.5) is 24.8 Å². The van der Waals surface area contributed by atoms with Gasteiger partial charge < -0.3 is 16.2 Å². The minimum Gasteiger partial charge on any atom is -0.390 e. The monoisotopic (exact) mass is 433 g/mol. The molecule has 1 fully saturated rings. The molecule has 1 aliphatic carbocycles. The maximum atomic E-state index is 13.2. The number of nitrogens with two attached hydrogens (primary N) is 1. The predicted molar refractivity (Wildman–Crippen MR) is 114 cm³/mol. The molecular weight excluding hydrogens is 407 g/mol. The Morgan fingerprint density at radius 2 is 1.81 bits per heavy atom. The molecular formula is C22H26F3N5O. The van der Waals surface area contributed by atoms with Gasteiger partial charge in [-0.25, -0.2) is 9.50 Å². The first-order valence-electron chi connectivity index (χ1n) is 10.3. The summed E-state index contributed by atoms with van der Waals surface area (Å²) in [7, 11) is 0. The number of benzene rings is 1. The van der Waals surface area contributed by atoms with Gasteiger partial charge in [-0.1, -0.05) is 12.1 Å². The molecule has 1 saturated carbocycles. The van der Waals surface area contributed by atoms with Gasteiger partial charge in [0.2, 0.25) is 0 Å². The largest absolute Gasteiger partial charge is 0.416 e. The number of aliphatic hydroxyl groups is 1. The highest BCUT2D eigenvalue weighted by Gasteiger charge is 2.32. The van der Waals surface area contributed by atoms with E-state index >= 15 is 0 Å². The zero-order valence-corrected chi connectivity index (χ0v) is 17.4. The summed E-state index contributed by atoms with van der Waals surface area (Å²) in [6.45, 7) is 3.69. The quantitative estimate of drug-likeness (QED) is 0.553. The summed E-state index contributed by atoms with van der Waals surface area (Å²) < 4.78 is 40.9. The van der Waals surface area contributed by atoms with Gasteiger partial charge in [0.15, 0.2) is 11.5 Å². The number of hydrogen-bond acceptors (Lipinski definition) is 5. The standard InChI is InChI=1S/C22H26F3N5O/c1-21(2,31)14-6-8-16(9-7-14)27-17-10-11-18-28-20(26)19(30(18)29-17)13-4-3-5-15(12-13)22(23,24)25/h3-5,10-12,14,16,31H,6-9,26H2,1-2H3,(H,27,29). The average Bonchev–Trinajstić information content (AvgIpc) is 3.02. The number of alkyl halides is 3. The van der Waals surface area contributed by atoms with E-state index in [0.29, 0.717) is 22.7 Å². The summed E-state index contributed by atoms with van der Waals surface area (Å²) in [6, 6.07) is 8.73. The fraction of sp³-hybridized carbons (Fsp3) is 0.455. The van der Waals surface area contributed by atoms with E-state index < -0.39 is 17.3 Å². The molecule has 0 aliphatic heterocycles. The molecule has 0 radical (unpaired) electrons. The number of fused-ring (bicyclic) bond motifs is 1. The zero-order valence-electron chi connectivity index (χ0n) is 17.4. The first-order chi connectivity index (χ1) is 14.5. The van der Waals surface area contributed by atoms with E-state index in [0.717, 1.165) is 37.8 Å². The molecule has 31 heavy (non-hydrogen) atoms. The van der Waals surface area contributed by atoms with E-state index in [-0.39, 0.29) is 17.8 Å². The van der Waals surface area contributed by atoms with Crippen LogP contribution in [0.3, 0.4) is 0 Å². The topological polar surface area (TPSA) is 88.5 Å². The molecule has 4 rings (SSSR count). The number of rotatable bonds is 4. The van der Waals surface area contributed by atoms with Crippen molar-refractivity contribution in [3.05, 3.63) is 42.0 Å². The zero-order chi connectivity index (χ0) is 22.4. The smallest absolute Gasteiger partial charge is 0.390 e. The number of anilines is 2. The molecule has 1 aliphatic rings. The minimum atomic E-state index is -4.45. The van der Waals surface area contributed by atoms with E-state index in [1.165, 1.54) is 10.6 Å². The number of halogens is 3. The van der Waals surface area contributed by atoms with Crippen molar-refractivity contribution in [2.45, 2.75) is 57.3 Å². The van der Waals surface area contributed by atoms with Gasteiger partial charge in [0.25, 0.3) is 0 Å². The van der Waals surface area contributed by atoms with Crippen LogP contribution in [0, 0.1) is 5.92 Å². The van der Waals surface area contributed by atoms with E-state index in [9.17, 15) is 18.3 Å². The van der Waals surface area contributed by atoms with Gasteiger partial charge in [0.05, 0.1) is 11.2 Å². The van der Waals surface area contributed by atoms with Crippen LogP contribution in [-0.2, 0) is 6.18 Å². The number of nitrogens with zero attached hydrogens (tertiary/aromatic N) is 3. The SMILES string of the molecule is CC(C)(O)C1CCC(Nc2ccc3nc(N)c(-c4cccc(C(F)(F)F)c4)n3n2)CC1. The second-order valence-electron chi connectivity index (χ2n) is 8.76. The summed E-state index contributed by atoms with van der Waals surface area (Å²) in [5, 5.41) is 18.2. The van der Waals surface area contributed by atoms with Crippen LogP contribution in [0.15, 0.2) is 36.4 Å². The molecule has 0 spiro atoms. The highest BCUT2D eigenvalue weighted by Crippen LogP contribution is 2.35. The molecule has 3 aromatic rings. The van der Waals surface area contributed by atoms with Crippen molar-refractivity contribution in [1.29, 1.82) is 0 Å². The number of hydrogen-bond donors (Lipinski definition) is 3. The second-order valence-corrected chi connectivity index (χ2v) is 8.76. The lowest BCUT2D eigenvalue weighted by atomic mass is 9.77. The van der Waals surface area contributed by atoms with Crippen molar-refractivity contribution in [2.24, 2.45) is 5.92 Å².